The van der Waals surface area contributed by atoms with Crippen molar-refractivity contribution in [3.05, 3.63) is 53.1 Å². The summed E-state index contributed by atoms with van der Waals surface area (Å²) in [4.78, 5) is 0. The quantitative estimate of drug-likeness (QED) is 0.859. The lowest BCUT2D eigenvalue weighted by Gasteiger charge is -2.10. The van der Waals surface area contributed by atoms with E-state index in [-0.39, 0.29) is 0 Å². The van der Waals surface area contributed by atoms with Gasteiger partial charge in [0, 0.05) is 16.7 Å². The molecule has 2 N–H and O–H groups in total. The first-order valence-corrected chi connectivity index (χ1v) is 5.88. The molecule has 0 bridgehead atoms. The van der Waals surface area contributed by atoms with Crippen molar-refractivity contribution in [1.29, 1.82) is 0 Å². The molecule has 2 aromatic rings. The Bertz CT molecular complexity index is 543. The number of anilines is 1. The molecule has 0 aliphatic rings. The van der Waals surface area contributed by atoms with Crippen molar-refractivity contribution in [2.75, 3.05) is 12.8 Å². The molecule has 2 rings (SSSR count). The first-order valence-electron chi connectivity index (χ1n) is 5.50. The lowest BCUT2D eigenvalue weighted by molar-refractivity contribution is 0.306. The summed E-state index contributed by atoms with van der Waals surface area (Å²) in [6.45, 7) is 0.408. The number of halogens is 1. The van der Waals surface area contributed by atoms with Gasteiger partial charge in [-0.1, -0.05) is 29.8 Å². The molecule has 0 aromatic heterocycles. The van der Waals surface area contributed by atoms with Crippen molar-refractivity contribution in [3.8, 4) is 11.5 Å². The van der Waals surface area contributed by atoms with E-state index in [4.69, 9.17) is 26.8 Å². The number of hydrogen-bond acceptors (Lipinski definition) is 3. The number of nitrogen functional groups attached to an aromatic ring is 1. The molecule has 0 saturated carbocycles. The minimum Gasteiger partial charge on any atom is -0.495 e. The van der Waals surface area contributed by atoms with Crippen LogP contribution in [0.5, 0.6) is 11.5 Å². The van der Waals surface area contributed by atoms with Crippen LogP contribution in [-0.4, -0.2) is 7.11 Å². The van der Waals surface area contributed by atoms with Crippen LogP contribution in [0.1, 0.15) is 5.56 Å². The number of benzene rings is 2. The lowest BCUT2D eigenvalue weighted by atomic mass is 10.2. The first kappa shape index (κ1) is 12.6. The Balaban J connectivity index is 2.07. The van der Waals surface area contributed by atoms with Crippen molar-refractivity contribution in [1.82, 2.24) is 0 Å². The van der Waals surface area contributed by atoms with Crippen LogP contribution in [0.2, 0.25) is 5.02 Å². The van der Waals surface area contributed by atoms with Crippen LogP contribution < -0.4 is 15.2 Å². The molecule has 2 aromatic carbocycles. The Labute approximate surface area is 111 Å². The number of hydrogen-bond donors (Lipinski definition) is 1. The summed E-state index contributed by atoms with van der Waals surface area (Å²) in [5.41, 5.74) is 7.29. The average molecular weight is 264 g/mol. The summed E-state index contributed by atoms with van der Waals surface area (Å²) in [7, 11) is 1.58. The topological polar surface area (TPSA) is 44.5 Å². The highest BCUT2D eigenvalue weighted by atomic mass is 35.5. The van der Waals surface area contributed by atoms with E-state index in [2.05, 4.69) is 0 Å². The molecule has 94 valence electrons. The van der Waals surface area contributed by atoms with E-state index in [1.807, 2.05) is 30.3 Å². The maximum absolute atomic E-state index is 6.04. The smallest absolute Gasteiger partial charge is 0.142 e. The normalized spacial score (nSPS) is 10.1. The van der Waals surface area contributed by atoms with Crippen LogP contribution in [0, 0.1) is 0 Å². The van der Waals surface area contributed by atoms with E-state index >= 15 is 0 Å². The fourth-order valence-corrected chi connectivity index (χ4v) is 1.77. The Hall–Kier alpha value is -1.87. The molecule has 0 aliphatic heterocycles. The molecule has 0 spiro atoms. The van der Waals surface area contributed by atoms with Crippen LogP contribution in [0.25, 0.3) is 0 Å². The maximum atomic E-state index is 6.04. The van der Waals surface area contributed by atoms with E-state index < -0.39 is 0 Å². The highest BCUT2D eigenvalue weighted by Gasteiger charge is 2.03. The van der Waals surface area contributed by atoms with E-state index in [0.29, 0.717) is 28.8 Å². The summed E-state index contributed by atoms with van der Waals surface area (Å²) in [5.74, 6) is 1.33. The first-order chi connectivity index (χ1) is 8.70. The van der Waals surface area contributed by atoms with Crippen LogP contribution in [0.15, 0.2) is 42.5 Å². The van der Waals surface area contributed by atoms with Crippen molar-refractivity contribution in [2.24, 2.45) is 0 Å². The van der Waals surface area contributed by atoms with E-state index in [0.717, 1.165) is 5.56 Å². The Morgan fingerprint density at radius 1 is 1.17 bits per heavy atom. The fraction of sp³-hybridized carbons (Fsp3) is 0.143. The third-order valence-electron chi connectivity index (χ3n) is 2.55. The van der Waals surface area contributed by atoms with Gasteiger partial charge in [0.05, 0.1) is 12.8 Å². The van der Waals surface area contributed by atoms with Gasteiger partial charge in [0.15, 0.2) is 0 Å². The van der Waals surface area contributed by atoms with Gasteiger partial charge in [0.1, 0.15) is 18.1 Å². The van der Waals surface area contributed by atoms with Gasteiger partial charge in [0.25, 0.3) is 0 Å². The van der Waals surface area contributed by atoms with E-state index in [1.54, 1.807) is 19.2 Å². The molecule has 0 saturated heterocycles. The predicted molar refractivity (Wildman–Crippen MR) is 73.2 cm³/mol. The van der Waals surface area contributed by atoms with Gasteiger partial charge in [-0.05, 0) is 18.2 Å². The van der Waals surface area contributed by atoms with E-state index in [9.17, 15) is 0 Å². The SMILES string of the molecule is COc1ccc(OCc2ccccc2Cl)cc1N. The minimum absolute atomic E-state index is 0.408. The van der Waals surface area contributed by atoms with Crippen molar-refractivity contribution in [3.63, 3.8) is 0 Å². The summed E-state index contributed by atoms with van der Waals surface area (Å²) in [6.07, 6.45) is 0. The van der Waals surface area contributed by atoms with Crippen LogP contribution in [0.4, 0.5) is 5.69 Å². The average Bonchev–Trinajstić information content (AvgIpc) is 2.38. The second-order valence-corrected chi connectivity index (χ2v) is 4.19. The Morgan fingerprint density at radius 3 is 2.61 bits per heavy atom. The third-order valence-corrected chi connectivity index (χ3v) is 2.92. The summed E-state index contributed by atoms with van der Waals surface area (Å²) < 4.78 is 10.7. The van der Waals surface area contributed by atoms with Crippen molar-refractivity contribution < 1.29 is 9.47 Å². The molecule has 0 aliphatic carbocycles. The summed E-state index contributed by atoms with van der Waals surface area (Å²) in [5, 5.41) is 0.694. The van der Waals surface area contributed by atoms with Gasteiger partial charge < -0.3 is 15.2 Å². The molecule has 0 unspecified atom stereocenters. The molecule has 0 amide bonds. The monoisotopic (exact) mass is 263 g/mol. The fourth-order valence-electron chi connectivity index (χ4n) is 1.58. The Morgan fingerprint density at radius 2 is 1.94 bits per heavy atom. The van der Waals surface area contributed by atoms with E-state index in [1.165, 1.54) is 0 Å². The van der Waals surface area contributed by atoms with Gasteiger partial charge in [0.2, 0.25) is 0 Å². The van der Waals surface area contributed by atoms with Gasteiger partial charge in [-0.15, -0.1) is 0 Å². The van der Waals surface area contributed by atoms with Gasteiger partial charge in [-0.25, -0.2) is 0 Å². The summed E-state index contributed by atoms with van der Waals surface area (Å²) >= 11 is 6.04. The number of nitrogens with two attached hydrogens (primary N) is 1. The predicted octanol–water partition coefficient (Wildman–Crippen LogP) is 3.51. The molecule has 0 radical (unpaired) electrons. The zero-order valence-electron chi connectivity index (χ0n) is 10.0. The van der Waals surface area contributed by atoms with Crippen LogP contribution in [-0.2, 0) is 6.61 Å². The van der Waals surface area contributed by atoms with Crippen molar-refractivity contribution in [2.45, 2.75) is 6.61 Å². The highest BCUT2D eigenvalue weighted by molar-refractivity contribution is 6.31. The Kier molecular flexibility index (Phi) is 3.95. The standard InChI is InChI=1S/C14H14ClNO2/c1-17-14-7-6-11(8-13(14)16)18-9-10-4-2-3-5-12(10)15/h2-8H,9,16H2,1H3. The highest BCUT2D eigenvalue weighted by Crippen LogP contribution is 2.27. The molecule has 0 atom stereocenters. The van der Waals surface area contributed by atoms with Gasteiger partial charge >= 0.3 is 0 Å². The molecule has 0 fully saturated rings. The molecule has 4 heteroatoms. The lowest BCUT2D eigenvalue weighted by Crippen LogP contribution is -1.98. The van der Waals surface area contributed by atoms with Gasteiger partial charge in [-0.3, -0.25) is 0 Å². The largest absolute Gasteiger partial charge is 0.495 e. The molecular weight excluding hydrogens is 250 g/mol. The van der Waals surface area contributed by atoms with Crippen molar-refractivity contribution >= 4 is 17.3 Å². The third kappa shape index (κ3) is 2.87. The molecule has 3 nitrogen and oxygen atoms in total. The molecule has 18 heavy (non-hydrogen) atoms. The van der Waals surface area contributed by atoms with Crippen LogP contribution in [0.3, 0.4) is 0 Å². The second-order valence-electron chi connectivity index (χ2n) is 3.78. The summed E-state index contributed by atoms with van der Waals surface area (Å²) in [6, 6.07) is 12.9. The number of ether oxygens (including phenoxy) is 2. The van der Waals surface area contributed by atoms with Crippen LogP contribution >= 0.6 is 11.6 Å². The molecular formula is C14H14ClNO2. The second kappa shape index (κ2) is 5.65. The minimum atomic E-state index is 0.408. The maximum Gasteiger partial charge on any atom is 0.142 e. The zero-order valence-corrected chi connectivity index (χ0v) is 10.8. The molecule has 0 heterocycles. The number of rotatable bonds is 4. The zero-order chi connectivity index (χ0) is 13.0. The van der Waals surface area contributed by atoms with Gasteiger partial charge in [-0.2, -0.15) is 0 Å². The number of methoxy groups -OCH3 is 1.